The molecule has 2 aromatic carbocycles. The second-order valence-electron chi connectivity index (χ2n) is 6.13. The van der Waals surface area contributed by atoms with Crippen LogP contribution >= 0.6 is 23.2 Å². The van der Waals surface area contributed by atoms with Gasteiger partial charge in [-0.25, -0.2) is 9.07 Å². The Balaban J connectivity index is 2.13. The molecule has 0 saturated carbocycles. The molecule has 0 atom stereocenters. The maximum absolute atomic E-state index is 13.2. The van der Waals surface area contributed by atoms with Gasteiger partial charge in [-0.3, -0.25) is 19.7 Å². The van der Waals surface area contributed by atoms with Crippen LogP contribution in [-0.2, 0) is 16.0 Å². The fourth-order valence-corrected chi connectivity index (χ4v) is 3.07. The summed E-state index contributed by atoms with van der Waals surface area (Å²) in [4.78, 5) is 29.3. The molecular formula is C20H16Cl2FN3O3. The highest BCUT2D eigenvalue weighted by atomic mass is 35.5. The predicted octanol–water partition coefficient (Wildman–Crippen LogP) is 4.47. The predicted molar refractivity (Wildman–Crippen MR) is 110 cm³/mol. The Labute approximate surface area is 175 Å². The molecule has 3 rings (SSSR count). The average molecular weight is 436 g/mol. The molecule has 0 spiro atoms. The summed E-state index contributed by atoms with van der Waals surface area (Å²) in [7, 11) is 1.26. The molecule has 3 aromatic rings. The van der Waals surface area contributed by atoms with Gasteiger partial charge in [-0.2, -0.15) is 0 Å². The summed E-state index contributed by atoms with van der Waals surface area (Å²) in [5.41, 5.74) is 1.38. The highest BCUT2D eigenvalue weighted by molar-refractivity contribution is 6.42. The minimum absolute atomic E-state index is 0.163. The molecule has 0 aliphatic carbocycles. The first-order valence-corrected chi connectivity index (χ1v) is 9.23. The number of carbonyl (C=O) groups is 1. The van der Waals surface area contributed by atoms with Crippen molar-refractivity contribution in [3.05, 3.63) is 79.9 Å². The number of hydrogen-bond acceptors (Lipinski definition) is 4. The monoisotopic (exact) mass is 435 g/mol. The first-order chi connectivity index (χ1) is 13.8. The number of methoxy groups -OCH3 is 1. The standard InChI is InChI=1S/C20H16Cl2FN3O3/c1-11(24-13-5-8-15(21)16(22)9-13)19-17(10-18(27)29-2)25-26(20(19)28)14-6-3-12(23)4-7-14/h3-9,25H,10H2,1-2H3. The summed E-state index contributed by atoms with van der Waals surface area (Å²) < 4.78 is 19.2. The number of esters is 1. The minimum atomic E-state index is -0.527. The first-order valence-electron chi connectivity index (χ1n) is 8.47. The third-order valence-electron chi connectivity index (χ3n) is 4.16. The number of aromatic amines is 1. The van der Waals surface area contributed by atoms with Gasteiger partial charge in [0.05, 0.1) is 51.9 Å². The lowest BCUT2D eigenvalue weighted by Crippen LogP contribution is -2.20. The van der Waals surface area contributed by atoms with E-state index in [1.54, 1.807) is 25.1 Å². The Morgan fingerprint density at radius 3 is 2.48 bits per heavy atom. The topological polar surface area (TPSA) is 76.5 Å². The maximum Gasteiger partial charge on any atom is 0.311 e. The SMILES string of the molecule is COC(=O)Cc1[nH]n(-c2ccc(F)cc2)c(=O)c1C(C)=Nc1ccc(Cl)c(Cl)c1. The molecule has 0 aliphatic rings. The summed E-state index contributed by atoms with van der Waals surface area (Å²) in [5, 5.41) is 3.60. The van der Waals surface area contributed by atoms with Gasteiger partial charge in [0.2, 0.25) is 0 Å². The van der Waals surface area contributed by atoms with Crippen LogP contribution in [0.15, 0.2) is 52.3 Å². The highest BCUT2D eigenvalue weighted by Crippen LogP contribution is 2.27. The van der Waals surface area contributed by atoms with Gasteiger partial charge in [0.1, 0.15) is 5.82 Å². The van der Waals surface area contributed by atoms with Crippen molar-refractivity contribution >= 4 is 40.6 Å². The first kappa shape index (κ1) is 20.8. The molecule has 0 amide bonds. The molecule has 0 fully saturated rings. The Hall–Kier alpha value is -2.90. The van der Waals surface area contributed by atoms with Crippen LogP contribution in [-0.4, -0.2) is 28.6 Å². The molecule has 6 nitrogen and oxygen atoms in total. The molecule has 0 radical (unpaired) electrons. The molecule has 1 heterocycles. The molecule has 150 valence electrons. The van der Waals surface area contributed by atoms with E-state index in [9.17, 15) is 14.0 Å². The van der Waals surface area contributed by atoms with Gasteiger partial charge >= 0.3 is 5.97 Å². The number of carbonyl (C=O) groups excluding carboxylic acids is 1. The lowest BCUT2D eigenvalue weighted by Gasteiger charge is -2.03. The fourth-order valence-electron chi connectivity index (χ4n) is 2.78. The zero-order valence-corrected chi connectivity index (χ0v) is 17.0. The fraction of sp³-hybridized carbons (Fsp3) is 0.150. The van der Waals surface area contributed by atoms with E-state index in [1.807, 2.05) is 0 Å². The van der Waals surface area contributed by atoms with Gasteiger partial charge in [0.15, 0.2) is 0 Å². The number of ether oxygens (including phenoxy) is 1. The van der Waals surface area contributed by atoms with Gasteiger partial charge in [-0.05, 0) is 49.4 Å². The zero-order chi connectivity index (χ0) is 21.1. The number of aliphatic imine (C=N–C) groups is 1. The smallest absolute Gasteiger partial charge is 0.311 e. The van der Waals surface area contributed by atoms with Crippen molar-refractivity contribution in [2.75, 3.05) is 7.11 Å². The highest BCUT2D eigenvalue weighted by Gasteiger charge is 2.20. The summed E-state index contributed by atoms with van der Waals surface area (Å²) in [5.74, 6) is -0.957. The van der Waals surface area contributed by atoms with E-state index in [0.717, 1.165) is 0 Å². The van der Waals surface area contributed by atoms with Crippen LogP contribution in [0.4, 0.5) is 10.1 Å². The van der Waals surface area contributed by atoms with Crippen LogP contribution in [0.1, 0.15) is 18.2 Å². The maximum atomic E-state index is 13.2. The lowest BCUT2D eigenvalue weighted by atomic mass is 10.1. The second kappa shape index (κ2) is 8.63. The molecule has 9 heteroatoms. The van der Waals surface area contributed by atoms with Gasteiger partial charge in [-0.15, -0.1) is 0 Å². The number of nitrogens with one attached hydrogen (secondary N) is 1. The van der Waals surface area contributed by atoms with Crippen molar-refractivity contribution in [3.8, 4) is 5.69 Å². The Morgan fingerprint density at radius 1 is 1.17 bits per heavy atom. The second-order valence-corrected chi connectivity index (χ2v) is 6.95. The quantitative estimate of drug-likeness (QED) is 0.474. The van der Waals surface area contributed by atoms with Crippen molar-refractivity contribution in [1.82, 2.24) is 9.78 Å². The van der Waals surface area contributed by atoms with Crippen LogP contribution < -0.4 is 5.56 Å². The molecule has 1 aromatic heterocycles. The van der Waals surface area contributed by atoms with E-state index in [0.29, 0.717) is 32.8 Å². The van der Waals surface area contributed by atoms with Crippen LogP contribution in [0.25, 0.3) is 5.69 Å². The third kappa shape index (κ3) is 4.58. The molecule has 0 aliphatic heterocycles. The van der Waals surface area contributed by atoms with Crippen LogP contribution in [0, 0.1) is 5.82 Å². The molecule has 0 saturated heterocycles. The van der Waals surface area contributed by atoms with Crippen molar-refractivity contribution in [2.24, 2.45) is 4.99 Å². The van der Waals surface area contributed by atoms with Crippen molar-refractivity contribution in [1.29, 1.82) is 0 Å². The number of H-pyrrole nitrogens is 1. The molecule has 29 heavy (non-hydrogen) atoms. The van der Waals surface area contributed by atoms with E-state index in [4.69, 9.17) is 27.9 Å². The number of benzene rings is 2. The zero-order valence-electron chi connectivity index (χ0n) is 15.5. The van der Waals surface area contributed by atoms with E-state index < -0.39 is 17.3 Å². The molecular weight excluding hydrogens is 420 g/mol. The van der Waals surface area contributed by atoms with E-state index >= 15 is 0 Å². The number of rotatable bonds is 5. The number of nitrogens with zero attached hydrogens (tertiary/aromatic N) is 2. The van der Waals surface area contributed by atoms with Crippen LogP contribution in [0.5, 0.6) is 0 Å². The number of hydrogen-bond donors (Lipinski definition) is 1. The van der Waals surface area contributed by atoms with Gasteiger partial charge in [-0.1, -0.05) is 23.2 Å². The van der Waals surface area contributed by atoms with Crippen molar-refractivity contribution < 1.29 is 13.9 Å². The summed E-state index contributed by atoms with van der Waals surface area (Å²) >= 11 is 11.9. The Morgan fingerprint density at radius 2 is 1.86 bits per heavy atom. The Bertz CT molecular complexity index is 1150. The van der Waals surface area contributed by atoms with Crippen LogP contribution in [0.3, 0.4) is 0 Å². The van der Waals surface area contributed by atoms with E-state index in [1.165, 1.54) is 36.1 Å². The largest absolute Gasteiger partial charge is 0.469 e. The Kier molecular flexibility index (Phi) is 6.20. The number of aromatic nitrogens is 2. The summed E-state index contributed by atoms with van der Waals surface area (Å²) in [6.45, 7) is 1.64. The average Bonchev–Trinajstić information content (AvgIpc) is 3.01. The lowest BCUT2D eigenvalue weighted by molar-refractivity contribution is -0.139. The molecule has 0 bridgehead atoms. The third-order valence-corrected chi connectivity index (χ3v) is 4.90. The summed E-state index contributed by atoms with van der Waals surface area (Å²) in [6, 6.07) is 10.2. The molecule has 1 N–H and O–H groups in total. The van der Waals surface area contributed by atoms with Gasteiger partial charge in [0, 0.05) is 0 Å². The van der Waals surface area contributed by atoms with E-state index in [-0.39, 0.29) is 12.0 Å². The van der Waals surface area contributed by atoms with Gasteiger partial charge < -0.3 is 4.74 Å². The molecule has 0 unspecified atom stereocenters. The van der Waals surface area contributed by atoms with Gasteiger partial charge in [0.25, 0.3) is 5.56 Å². The normalized spacial score (nSPS) is 11.6. The van der Waals surface area contributed by atoms with Crippen molar-refractivity contribution in [3.63, 3.8) is 0 Å². The minimum Gasteiger partial charge on any atom is -0.469 e. The number of halogens is 3. The van der Waals surface area contributed by atoms with Crippen molar-refractivity contribution in [2.45, 2.75) is 13.3 Å². The van der Waals surface area contributed by atoms with E-state index in [2.05, 4.69) is 10.1 Å². The van der Waals surface area contributed by atoms with Crippen LogP contribution in [0.2, 0.25) is 10.0 Å². The summed E-state index contributed by atoms with van der Waals surface area (Å²) in [6.07, 6.45) is -0.163.